The Morgan fingerprint density at radius 3 is 2.18 bits per heavy atom. The summed E-state index contributed by atoms with van der Waals surface area (Å²) >= 11 is 0. The molecule has 4 nitrogen and oxygen atoms in total. The van der Waals surface area contributed by atoms with Gasteiger partial charge in [0.25, 0.3) is 5.91 Å². The van der Waals surface area contributed by atoms with Crippen molar-refractivity contribution in [2.45, 2.75) is 25.7 Å². The summed E-state index contributed by atoms with van der Waals surface area (Å²) in [5.41, 5.74) is 2.62. The Balaban J connectivity index is 2.08. The largest absolute Gasteiger partial charge is 0.475 e. The van der Waals surface area contributed by atoms with Crippen molar-refractivity contribution in [2.75, 3.05) is 0 Å². The maximum absolute atomic E-state index is 12.1. The lowest BCUT2D eigenvalue weighted by Crippen LogP contribution is -2.46. The van der Waals surface area contributed by atoms with E-state index in [9.17, 15) is 14.8 Å². The van der Waals surface area contributed by atoms with Crippen LogP contribution in [-0.2, 0) is 0 Å². The third kappa shape index (κ3) is 4.19. The van der Waals surface area contributed by atoms with Crippen LogP contribution in [0.15, 0.2) is 54.6 Å². The molecule has 0 saturated carbocycles. The van der Waals surface area contributed by atoms with Gasteiger partial charge in [0.2, 0.25) is 0 Å². The van der Waals surface area contributed by atoms with Gasteiger partial charge in [-0.25, -0.2) is 0 Å². The zero-order valence-electron chi connectivity index (χ0n) is 12.6. The Morgan fingerprint density at radius 2 is 1.64 bits per heavy atom. The predicted octanol–water partition coefficient (Wildman–Crippen LogP) is 2.26. The van der Waals surface area contributed by atoms with E-state index in [1.807, 2.05) is 49.4 Å². The first-order chi connectivity index (χ1) is 10.6. The molecular formula is C17H20BNO3. The molecular weight excluding hydrogens is 277 g/mol. The summed E-state index contributed by atoms with van der Waals surface area (Å²) in [4.78, 5) is 12.1. The summed E-state index contributed by atoms with van der Waals surface area (Å²) in [6, 6.07) is 17.2. The zero-order valence-corrected chi connectivity index (χ0v) is 12.6. The van der Waals surface area contributed by atoms with E-state index in [1.165, 1.54) is 0 Å². The fourth-order valence-corrected chi connectivity index (χ4v) is 2.30. The Morgan fingerprint density at radius 1 is 1.05 bits per heavy atom. The number of nitrogens with one attached hydrogen (secondary N) is 1. The summed E-state index contributed by atoms with van der Waals surface area (Å²) in [6.45, 7) is 1.93. The van der Waals surface area contributed by atoms with Crippen LogP contribution in [0.25, 0.3) is 11.1 Å². The number of carbonyl (C=O) groups excluding carboxylic acids is 1. The summed E-state index contributed by atoms with van der Waals surface area (Å²) in [7, 11) is -1.55. The molecule has 2 aromatic rings. The van der Waals surface area contributed by atoms with Crippen molar-refractivity contribution >= 4 is 13.0 Å². The minimum absolute atomic E-state index is 0.300. The van der Waals surface area contributed by atoms with Gasteiger partial charge in [0.15, 0.2) is 0 Å². The van der Waals surface area contributed by atoms with Crippen molar-refractivity contribution in [2.24, 2.45) is 0 Å². The van der Waals surface area contributed by atoms with Crippen molar-refractivity contribution in [3.63, 3.8) is 0 Å². The van der Waals surface area contributed by atoms with Gasteiger partial charge in [0, 0.05) is 5.56 Å². The molecule has 5 heteroatoms. The molecule has 0 spiro atoms. The lowest BCUT2D eigenvalue weighted by Gasteiger charge is -2.17. The normalized spacial score (nSPS) is 11.8. The lowest BCUT2D eigenvalue weighted by molar-refractivity contribution is 0.0940. The maximum atomic E-state index is 12.1. The molecule has 0 aliphatic heterocycles. The van der Waals surface area contributed by atoms with E-state index < -0.39 is 13.1 Å². The third-order valence-electron chi connectivity index (χ3n) is 3.53. The monoisotopic (exact) mass is 297 g/mol. The van der Waals surface area contributed by atoms with E-state index in [4.69, 9.17) is 0 Å². The molecule has 0 bridgehead atoms. The van der Waals surface area contributed by atoms with Gasteiger partial charge in [-0.2, -0.15) is 0 Å². The molecule has 0 saturated heterocycles. The molecule has 2 aromatic carbocycles. The first kappa shape index (κ1) is 16.3. The van der Waals surface area contributed by atoms with Crippen LogP contribution in [0.2, 0.25) is 0 Å². The zero-order chi connectivity index (χ0) is 15.9. The van der Waals surface area contributed by atoms with Crippen molar-refractivity contribution in [3.05, 3.63) is 60.2 Å². The van der Waals surface area contributed by atoms with Gasteiger partial charge >= 0.3 is 7.12 Å². The van der Waals surface area contributed by atoms with E-state index in [0.29, 0.717) is 12.0 Å². The van der Waals surface area contributed by atoms with Crippen LogP contribution in [0.4, 0.5) is 0 Å². The highest BCUT2D eigenvalue weighted by Crippen LogP contribution is 2.19. The molecule has 0 heterocycles. The number of hydrogen-bond donors (Lipinski definition) is 3. The fraction of sp³-hybridized carbons (Fsp3) is 0.235. The standard InChI is InChI=1S/C17H20BNO3/c1-2-6-16(18(21)22)19-17(20)15-11-9-14(10-12-15)13-7-4-3-5-8-13/h3-5,7-12,16,21-22H,2,6H2,1H3,(H,19,20)/t16-/m0/s1. The van der Waals surface area contributed by atoms with Crippen molar-refractivity contribution < 1.29 is 14.8 Å². The number of hydrogen-bond acceptors (Lipinski definition) is 3. The van der Waals surface area contributed by atoms with Gasteiger partial charge in [0.05, 0.1) is 5.94 Å². The van der Waals surface area contributed by atoms with Crippen LogP contribution in [0, 0.1) is 0 Å². The second-order valence-corrected chi connectivity index (χ2v) is 5.23. The minimum atomic E-state index is -1.55. The first-order valence-corrected chi connectivity index (χ1v) is 7.44. The Bertz CT molecular complexity index is 599. The lowest BCUT2D eigenvalue weighted by atomic mass is 9.77. The van der Waals surface area contributed by atoms with E-state index >= 15 is 0 Å². The van der Waals surface area contributed by atoms with E-state index in [0.717, 1.165) is 17.5 Å². The van der Waals surface area contributed by atoms with Crippen LogP contribution in [0.1, 0.15) is 30.1 Å². The van der Waals surface area contributed by atoms with Crippen LogP contribution in [-0.4, -0.2) is 29.0 Å². The molecule has 3 N–H and O–H groups in total. The SMILES string of the molecule is CCC[C@H](NC(=O)c1ccc(-c2ccccc2)cc1)B(O)O. The Kier molecular flexibility index (Phi) is 5.75. The van der Waals surface area contributed by atoms with E-state index in [2.05, 4.69) is 5.32 Å². The third-order valence-corrected chi connectivity index (χ3v) is 3.53. The van der Waals surface area contributed by atoms with Crippen LogP contribution in [0.5, 0.6) is 0 Å². The second-order valence-electron chi connectivity index (χ2n) is 5.23. The van der Waals surface area contributed by atoms with Gasteiger partial charge in [-0.3, -0.25) is 4.79 Å². The highest BCUT2D eigenvalue weighted by atomic mass is 16.4. The second kappa shape index (κ2) is 7.78. The molecule has 0 fully saturated rings. The molecule has 0 aliphatic carbocycles. The van der Waals surface area contributed by atoms with Crippen LogP contribution < -0.4 is 5.32 Å². The van der Waals surface area contributed by atoms with Crippen molar-refractivity contribution in [3.8, 4) is 11.1 Å². The molecule has 1 atom stereocenters. The van der Waals surface area contributed by atoms with Crippen LogP contribution in [0.3, 0.4) is 0 Å². The molecule has 1 amide bonds. The number of amides is 1. The topological polar surface area (TPSA) is 69.6 Å². The first-order valence-electron chi connectivity index (χ1n) is 7.44. The quantitative estimate of drug-likeness (QED) is 0.716. The highest BCUT2D eigenvalue weighted by Gasteiger charge is 2.24. The van der Waals surface area contributed by atoms with Crippen molar-refractivity contribution in [1.82, 2.24) is 5.32 Å². The summed E-state index contributed by atoms with van der Waals surface area (Å²) < 4.78 is 0. The van der Waals surface area contributed by atoms with Gasteiger partial charge < -0.3 is 15.4 Å². The number of benzene rings is 2. The summed E-state index contributed by atoms with van der Waals surface area (Å²) in [5.74, 6) is -0.947. The maximum Gasteiger partial charge on any atom is 0.475 e. The molecule has 2 rings (SSSR count). The Labute approximate surface area is 131 Å². The fourth-order valence-electron chi connectivity index (χ4n) is 2.30. The average molecular weight is 297 g/mol. The number of rotatable bonds is 6. The molecule has 114 valence electrons. The van der Waals surface area contributed by atoms with Crippen LogP contribution >= 0.6 is 0 Å². The van der Waals surface area contributed by atoms with Gasteiger partial charge in [0.1, 0.15) is 0 Å². The Hall–Kier alpha value is -2.11. The minimum Gasteiger partial charge on any atom is -0.426 e. The van der Waals surface area contributed by atoms with E-state index in [1.54, 1.807) is 12.1 Å². The highest BCUT2D eigenvalue weighted by molar-refractivity contribution is 6.43. The summed E-state index contributed by atoms with van der Waals surface area (Å²) in [6.07, 6.45) is 1.28. The van der Waals surface area contributed by atoms with Gasteiger partial charge in [-0.05, 0) is 29.7 Å². The summed E-state index contributed by atoms with van der Waals surface area (Å²) in [5, 5.41) is 21.2. The van der Waals surface area contributed by atoms with Crippen molar-refractivity contribution in [1.29, 1.82) is 0 Å². The molecule has 0 aliphatic rings. The van der Waals surface area contributed by atoms with E-state index in [-0.39, 0.29) is 5.91 Å². The predicted molar refractivity (Wildman–Crippen MR) is 88.2 cm³/mol. The smallest absolute Gasteiger partial charge is 0.426 e. The number of carbonyl (C=O) groups is 1. The molecule has 0 unspecified atom stereocenters. The molecule has 22 heavy (non-hydrogen) atoms. The molecule has 0 aromatic heterocycles. The molecule has 0 radical (unpaired) electrons. The van der Waals surface area contributed by atoms with Gasteiger partial charge in [-0.15, -0.1) is 0 Å². The van der Waals surface area contributed by atoms with Gasteiger partial charge in [-0.1, -0.05) is 55.8 Å². The average Bonchev–Trinajstić information content (AvgIpc) is 2.55.